The molecule has 132 valence electrons. The highest BCUT2D eigenvalue weighted by molar-refractivity contribution is 6.76. The minimum absolute atomic E-state index is 0.00795. The maximum absolute atomic E-state index is 12.7. The largest absolute Gasteiger partial charge is 0.462 e. The Hall–Kier alpha value is -1.13. The first-order chi connectivity index (χ1) is 11.3. The number of carbonyl (C=O) groups excluding carboxylic acids is 1. The molecule has 4 atom stereocenters. The molecule has 2 aliphatic rings. The second-order valence-corrected chi connectivity index (χ2v) is 14.6. The minimum Gasteiger partial charge on any atom is -0.462 e. The van der Waals surface area contributed by atoms with Crippen molar-refractivity contribution in [3.8, 4) is 0 Å². The molecule has 0 bridgehead atoms. The van der Waals surface area contributed by atoms with Crippen molar-refractivity contribution in [2.24, 2.45) is 11.8 Å². The molecule has 2 heterocycles. The van der Waals surface area contributed by atoms with Crippen LogP contribution in [0.3, 0.4) is 0 Å². The van der Waals surface area contributed by atoms with Crippen LogP contribution in [0.15, 0.2) is 30.3 Å². The van der Waals surface area contributed by atoms with Gasteiger partial charge in [-0.3, -0.25) is 9.69 Å². The van der Waals surface area contributed by atoms with Crippen molar-refractivity contribution in [3.05, 3.63) is 35.9 Å². The Morgan fingerprint density at radius 3 is 2.46 bits per heavy atom. The lowest BCUT2D eigenvalue weighted by Crippen LogP contribution is -2.53. The molecule has 1 aromatic carbocycles. The van der Waals surface area contributed by atoms with Crippen LogP contribution in [0.1, 0.15) is 31.9 Å². The summed E-state index contributed by atoms with van der Waals surface area (Å²) in [6.45, 7) is 12.3. The summed E-state index contributed by atoms with van der Waals surface area (Å²) >= 11 is 0. The summed E-state index contributed by atoms with van der Waals surface area (Å²) in [4.78, 5) is 15.2. The molecule has 3 rings (SSSR count). The predicted molar refractivity (Wildman–Crippen MR) is 101 cm³/mol. The lowest BCUT2D eigenvalue weighted by molar-refractivity contribution is -0.164. The lowest BCUT2D eigenvalue weighted by atomic mass is 9.96. The van der Waals surface area contributed by atoms with Crippen LogP contribution < -0.4 is 0 Å². The van der Waals surface area contributed by atoms with Gasteiger partial charge in [-0.2, -0.15) is 0 Å². The monoisotopic (exact) mass is 345 g/mol. The topological polar surface area (TPSA) is 29.5 Å². The van der Waals surface area contributed by atoms with Gasteiger partial charge < -0.3 is 4.74 Å². The number of hydrogen-bond acceptors (Lipinski definition) is 3. The van der Waals surface area contributed by atoms with Crippen LogP contribution in [-0.2, 0) is 9.53 Å². The van der Waals surface area contributed by atoms with Gasteiger partial charge in [-0.15, -0.1) is 0 Å². The Labute approximate surface area is 147 Å². The number of morpholine rings is 1. The minimum atomic E-state index is -1.23. The first-order valence-corrected chi connectivity index (χ1v) is 13.0. The lowest BCUT2D eigenvalue weighted by Gasteiger charge is -2.42. The normalized spacial score (nSPS) is 31.2. The molecule has 4 heteroatoms. The van der Waals surface area contributed by atoms with Gasteiger partial charge in [-0.05, 0) is 23.8 Å². The molecule has 0 spiro atoms. The SMILES string of the molecule is CC(C)[C@@H]1C[C@H](C[Si](C)(C)C)[C@H]2C(=O)OC[C@H](c3ccccc3)N21. The maximum atomic E-state index is 12.7. The van der Waals surface area contributed by atoms with E-state index in [4.69, 9.17) is 4.74 Å². The molecule has 0 aliphatic carbocycles. The summed E-state index contributed by atoms with van der Waals surface area (Å²) in [5.74, 6) is 1.01. The van der Waals surface area contributed by atoms with Crippen molar-refractivity contribution in [2.45, 2.75) is 64.1 Å². The molecule has 0 unspecified atom stereocenters. The summed E-state index contributed by atoms with van der Waals surface area (Å²) in [6, 6.07) is 12.4. The van der Waals surface area contributed by atoms with Gasteiger partial charge in [0.15, 0.2) is 0 Å². The summed E-state index contributed by atoms with van der Waals surface area (Å²) in [6.07, 6.45) is 1.13. The summed E-state index contributed by atoms with van der Waals surface area (Å²) in [5, 5.41) is 0. The average molecular weight is 346 g/mol. The van der Waals surface area contributed by atoms with Crippen LogP contribution >= 0.6 is 0 Å². The molecule has 2 fully saturated rings. The zero-order valence-electron chi connectivity index (χ0n) is 15.7. The van der Waals surface area contributed by atoms with E-state index in [9.17, 15) is 4.79 Å². The molecule has 0 N–H and O–H groups in total. The quantitative estimate of drug-likeness (QED) is 0.600. The highest BCUT2D eigenvalue weighted by atomic mass is 28.3. The molecular weight excluding hydrogens is 314 g/mol. The summed E-state index contributed by atoms with van der Waals surface area (Å²) in [7, 11) is -1.23. The number of esters is 1. The molecule has 3 nitrogen and oxygen atoms in total. The second kappa shape index (κ2) is 6.64. The highest BCUT2D eigenvalue weighted by Crippen LogP contribution is 2.45. The first-order valence-electron chi connectivity index (χ1n) is 9.27. The molecular formula is C20H31NO2Si. The Morgan fingerprint density at radius 1 is 1.21 bits per heavy atom. The van der Waals surface area contributed by atoms with Gasteiger partial charge in [0.05, 0.1) is 6.04 Å². The standard InChI is InChI=1S/C20H31NO2Si/c1-14(2)17-11-16(13-24(3,4)5)19-20(22)23-12-18(21(17)19)15-9-7-6-8-10-15/h6-10,14,16-19H,11-13H2,1-5H3/t16-,17+,18-,19+/m1/s1. The van der Waals surface area contributed by atoms with Crippen LogP contribution in [0.25, 0.3) is 0 Å². The molecule has 1 aromatic rings. The van der Waals surface area contributed by atoms with Crippen LogP contribution in [0, 0.1) is 11.8 Å². The van der Waals surface area contributed by atoms with Gasteiger partial charge in [0, 0.05) is 14.1 Å². The maximum Gasteiger partial charge on any atom is 0.323 e. The van der Waals surface area contributed by atoms with Crippen LogP contribution in [0.5, 0.6) is 0 Å². The number of cyclic esters (lactones) is 1. The number of ether oxygens (including phenoxy) is 1. The molecule has 0 saturated carbocycles. The second-order valence-electron chi connectivity index (χ2n) is 9.02. The number of fused-ring (bicyclic) bond motifs is 1. The van der Waals surface area contributed by atoms with Gasteiger partial charge in [0.25, 0.3) is 0 Å². The Morgan fingerprint density at radius 2 is 1.88 bits per heavy atom. The fraction of sp³-hybridized carbons (Fsp3) is 0.650. The van der Waals surface area contributed by atoms with Crippen molar-refractivity contribution < 1.29 is 9.53 Å². The Kier molecular flexibility index (Phi) is 4.89. The smallest absolute Gasteiger partial charge is 0.323 e. The number of rotatable bonds is 4. The third kappa shape index (κ3) is 3.45. The van der Waals surface area contributed by atoms with E-state index < -0.39 is 8.07 Å². The van der Waals surface area contributed by atoms with Crippen molar-refractivity contribution in [1.82, 2.24) is 4.90 Å². The summed E-state index contributed by atoms with van der Waals surface area (Å²) < 4.78 is 5.67. The average Bonchev–Trinajstić information content (AvgIpc) is 2.87. The number of nitrogens with zero attached hydrogens (tertiary/aromatic N) is 1. The van der Waals surface area contributed by atoms with Crippen molar-refractivity contribution >= 4 is 14.0 Å². The molecule has 2 aliphatic heterocycles. The zero-order chi connectivity index (χ0) is 17.5. The zero-order valence-corrected chi connectivity index (χ0v) is 16.7. The highest BCUT2D eigenvalue weighted by Gasteiger charge is 2.53. The van der Waals surface area contributed by atoms with E-state index in [1.54, 1.807) is 0 Å². The van der Waals surface area contributed by atoms with Crippen LogP contribution in [-0.4, -0.2) is 37.6 Å². The molecule has 24 heavy (non-hydrogen) atoms. The number of carbonyl (C=O) groups is 1. The van der Waals surface area contributed by atoms with Gasteiger partial charge in [-0.1, -0.05) is 69.9 Å². The van der Waals surface area contributed by atoms with Crippen LogP contribution in [0.2, 0.25) is 25.7 Å². The third-order valence-corrected chi connectivity index (χ3v) is 7.26. The van der Waals surface area contributed by atoms with E-state index in [1.165, 1.54) is 11.6 Å². The molecule has 0 amide bonds. The summed E-state index contributed by atoms with van der Waals surface area (Å²) in [5.41, 5.74) is 1.27. The van der Waals surface area contributed by atoms with E-state index in [0.29, 0.717) is 24.5 Å². The number of benzene rings is 1. The predicted octanol–water partition coefficient (Wildman–Crippen LogP) is 4.34. The third-order valence-electron chi connectivity index (χ3n) is 5.51. The Bertz CT molecular complexity index is 581. The van der Waals surface area contributed by atoms with E-state index in [-0.39, 0.29) is 18.1 Å². The first kappa shape index (κ1) is 17.7. The molecule has 0 radical (unpaired) electrons. The number of hydrogen-bond donors (Lipinski definition) is 0. The molecule has 0 aromatic heterocycles. The van der Waals surface area contributed by atoms with Crippen molar-refractivity contribution in [3.63, 3.8) is 0 Å². The fourth-order valence-electron chi connectivity index (χ4n) is 4.62. The van der Waals surface area contributed by atoms with E-state index in [1.807, 2.05) is 6.07 Å². The van der Waals surface area contributed by atoms with E-state index >= 15 is 0 Å². The van der Waals surface area contributed by atoms with Crippen LogP contribution in [0.4, 0.5) is 0 Å². The van der Waals surface area contributed by atoms with Crippen molar-refractivity contribution in [1.29, 1.82) is 0 Å². The Balaban J connectivity index is 1.95. The van der Waals surface area contributed by atoms with Gasteiger partial charge in [0.1, 0.15) is 12.6 Å². The van der Waals surface area contributed by atoms with Gasteiger partial charge in [0.2, 0.25) is 0 Å². The van der Waals surface area contributed by atoms with E-state index in [2.05, 4.69) is 62.7 Å². The van der Waals surface area contributed by atoms with Gasteiger partial charge >= 0.3 is 5.97 Å². The molecule has 2 saturated heterocycles. The van der Waals surface area contributed by atoms with Gasteiger partial charge in [-0.25, -0.2) is 0 Å². The van der Waals surface area contributed by atoms with Crippen molar-refractivity contribution in [2.75, 3.05) is 6.61 Å². The van der Waals surface area contributed by atoms with E-state index in [0.717, 1.165) is 6.42 Å². The fourth-order valence-corrected chi connectivity index (χ4v) is 6.59.